The van der Waals surface area contributed by atoms with Crippen LogP contribution in [-0.4, -0.2) is 11.2 Å². The van der Waals surface area contributed by atoms with Gasteiger partial charge in [-0.25, -0.2) is 0 Å². The Hall–Kier alpha value is -1.32. The smallest absolute Gasteiger partial charge is 0.120 e. The molecule has 0 amide bonds. The van der Waals surface area contributed by atoms with Gasteiger partial charge in [0.25, 0.3) is 0 Å². The van der Waals surface area contributed by atoms with Gasteiger partial charge in [0.2, 0.25) is 0 Å². The lowest BCUT2D eigenvalue weighted by molar-refractivity contribution is 0.219. The van der Waals surface area contributed by atoms with Gasteiger partial charge in [-0.1, -0.05) is 12.1 Å². The van der Waals surface area contributed by atoms with Gasteiger partial charge in [-0.2, -0.15) is 0 Å². The minimum Gasteiger partial charge on any atom is -0.491 e. The molecule has 1 aliphatic rings. The molecule has 0 aliphatic heterocycles. The third kappa shape index (κ3) is 3.30. The summed E-state index contributed by atoms with van der Waals surface area (Å²) in [4.78, 5) is 2.52. The minimum absolute atomic E-state index is 0.145. The normalized spacial score (nSPS) is 15.8. The van der Waals surface area contributed by atoms with Crippen molar-refractivity contribution in [1.82, 2.24) is 0 Å². The Bertz CT molecular complexity index is 592. The Balaban J connectivity index is 1.84. The maximum Gasteiger partial charge on any atom is 0.120 e. The van der Waals surface area contributed by atoms with Gasteiger partial charge < -0.3 is 9.84 Å². The molecule has 1 unspecified atom stereocenters. The number of hydrogen-bond donors (Lipinski definition) is 1. The van der Waals surface area contributed by atoms with Crippen LogP contribution in [0.1, 0.15) is 53.7 Å². The maximum atomic E-state index is 10.7. The number of thiophene rings is 1. The predicted molar refractivity (Wildman–Crippen MR) is 87.2 cm³/mol. The maximum absolute atomic E-state index is 10.7. The van der Waals surface area contributed by atoms with Crippen molar-refractivity contribution in [3.63, 3.8) is 0 Å². The zero-order valence-electron chi connectivity index (χ0n) is 12.6. The molecule has 2 aromatic rings. The second-order valence-corrected chi connectivity index (χ2v) is 7.11. The van der Waals surface area contributed by atoms with E-state index in [4.69, 9.17) is 4.74 Å². The largest absolute Gasteiger partial charge is 0.491 e. The Morgan fingerprint density at radius 3 is 2.71 bits per heavy atom. The van der Waals surface area contributed by atoms with Crippen LogP contribution in [0.2, 0.25) is 0 Å². The molecule has 0 radical (unpaired) electrons. The van der Waals surface area contributed by atoms with E-state index in [0.717, 1.165) is 22.6 Å². The summed E-state index contributed by atoms with van der Waals surface area (Å²) in [6.07, 6.45) is 4.48. The average Bonchev–Trinajstić information content (AvgIpc) is 2.90. The second kappa shape index (κ2) is 6.20. The molecule has 0 saturated carbocycles. The van der Waals surface area contributed by atoms with Crippen LogP contribution in [0.25, 0.3) is 0 Å². The van der Waals surface area contributed by atoms with Crippen molar-refractivity contribution >= 4 is 11.3 Å². The van der Waals surface area contributed by atoms with Gasteiger partial charge >= 0.3 is 0 Å². The molecule has 21 heavy (non-hydrogen) atoms. The first-order valence-corrected chi connectivity index (χ1v) is 8.51. The number of aryl methyl sites for hydroxylation is 2. The van der Waals surface area contributed by atoms with E-state index in [1.807, 2.05) is 38.1 Å². The number of hydrogen-bond acceptors (Lipinski definition) is 3. The van der Waals surface area contributed by atoms with Crippen molar-refractivity contribution in [3.8, 4) is 5.75 Å². The molecule has 0 saturated heterocycles. The van der Waals surface area contributed by atoms with Gasteiger partial charge in [0.05, 0.1) is 6.10 Å². The molecule has 1 N–H and O–H groups in total. The molecule has 0 bridgehead atoms. The van der Waals surface area contributed by atoms with Crippen LogP contribution in [0.4, 0.5) is 0 Å². The highest BCUT2D eigenvalue weighted by Crippen LogP contribution is 2.35. The number of fused-ring (bicyclic) bond motifs is 1. The molecule has 0 fully saturated rings. The molecular weight excluding hydrogens is 280 g/mol. The highest BCUT2D eigenvalue weighted by atomic mass is 32.1. The molecule has 112 valence electrons. The Morgan fingerprint density at radius 1 is 1.14 bits per heavy atom. The van der Waals surface area contributed by atoms with E-state index >= 15 is 0 Å². The van der Waals surface area contributed by atoms with Crippen LogP contribution >= 0.6 is 11.3 Å². The van der Waals surface area contributed by atoms with Gasteiger partial charge in [-0.3, -0.25) is 0 Å². The number of aliphatic hydroxyl groups is 1. The summed E-state index contributed by atoms with van der Waals surface area (Å²) in [5.41, 5.74) is 2.35. The lowest BCUT2D eigenvalue weighted by Gasteiger charge is -2.13. The van der Waals surface area contributed by atoms with E-state index in [1.54, 1.807) is 11.3 Å². The van der Waals surface area contributed by atoms with Gasteiger partial charge in [-0.15, -0.1) is 11.3 Å². The highest BCUT2D eigenvalue weighted by molar-refractivity contribution is 7.12. The van der Waals surface area contributed by atoms with Gasteiger partial charge in [0, 0.05) is 9.75 Å². The van der Waals surface area contributed by atoms with Crippen molar-refractivity contribution in [2.45, 2.75) is 51.7 Å². The van der Waals surface area contributed by atoms with E-state index in [9.17, 15) is 5.11 Å². The van der Waals surface area contributed by atoms with E-state index < -0.39 is 6.10 Å². The zero-order chi connectivity index (χ0) is 14.8. The fourth-order valence-corrected chi connectivity index (χ4v) is 4.11. The van der Waals surface area contributed by atoms with E-state index in [2.05, 4.69) is 6.07 Å². The van der Waals surface area contributed by atoms with Crippen molar-refractivity contribution in [2.75, 3.05) is 0 Å². The van der Waals surface area contributed by atoms with E-state index in [-0.39, 0.29) is 6.10 Å². The first-order chi connectivity index (χ1) is 10.1. The number of ether oxygens (including phenoxy) is 1. The molecule has 0 spiro atoms. The van der Waals surface area contributed by atoms with Crippen molar-refractivity contribution < 1.29 is 9.84 Å². The van der Waals surface area contributed by atoms with E-state index in [1.165, 1.54) is 29.7 Å². The Morgan fingerprint density at radius 2 is 1.95 bits per heavy atom. The minimum atomic E-state index is -0.545. The fourth-order valence-electron chi connectivity index (χ4n) is 2.84. The number of rotatable bonds is 4. The van der Waals surface area contributed by atoms with Crippen LogP contribution in [0, 0.1) is 0 Å². The van der Waals surface area contributed by atoms with Crippen molar-refractivity contribution in [1.29, 1.82) is 0 Å². The third-order valence-electron chi connectivity index (χ3n) is 3.83. The topological polar surface area (TPSA) is 29.5 Å². The third-order valence-corrected chi connectivity index (χ3v) is 5.12. The lowest BCUT2D eigenvalue weighted by atomic mass is 9.98. The molecule has 3 rings (SSSR count). The fraction of sp³-hybridized carbons (Fsp3) is 0.444. The summed E-state index contributed by atoms with van der Waals surface area (Å²) in [6.45, 7) is 4.02. The first kappa shape index (κ1) is 14.6. The summed E-state index contributed by atoms with van der Waals surface area (Å²) >= 11 is 1.77. The molecule has 1 aromatic heterocycles. The molecule has 1 atom stereocenters. The number of benzene rings is 1. The molecule has 1 aliphatic carbocycles. The average molecular weight is 302 g/mol. The van der Waals surface area contributed by atoms with Crippen molar-refractivity contribution in [3.05, 3.63) is 51.2 Å². The Labute approximate surface area is 130 Å². The second-order valence-electron chi connectivity index (χ2n) is 5.95. The quantitative estimate of drug-likeness (QED) is 0.901. The van der Waals surface area contributed by atoms with Crippen LogP contribution in [0.3, 0.4) is 0 Å². The molecule has 2 nitrogen and oxygen atoms in total. The van der Waals surface area contributed by atoms with Crippen LogP contribution in [-0.2, 0) is 12.8 Å². The molecule has 1 aromatic carbocycles. The standard InChI is InChI=1S/C18H22O2S/c1-12(2)20-15-8-5-7-14(10-15)18(19)17-11-13-6-3-4-9-16(13)21-17/h5,7-8,10-12,18-19H,3-4,6,9H2,1-2H3. The van der Waals surface area contributed by atoms with Crippen molar-refractivity contribution in [2.24, 2.45) is 0 Å². The van der Waals surface area contributed by atoms with Crippen LogP contribution < -0.4 is 4.74 Å². The summed E-state index contributed by atoms with van der Waals surface area (Å²) < 4.78 is 5.71. The monoisotopic (exact) mass is 302 g/mol. The lowest BCUT2D eigenvalue weighted by Crippen LogP contribution is -2.06. The summed E-state index contributed by atoms with van der Waals surface area (Å²) in [6, 6.07) is 10.00. The zero-order valence-corrected chi connectivity index (χ0v) is 13.5. The van der Waals surface area contributed by atoms with Gasteiger partial charge in [0.1, 0.15) is 11.9 Å². The summed E-state index contributed by atoms with van der Waals surface area (Å²) in [5.74, 6) is 0.822. The highest BCUT2D eigenvalue weighted by Gasteiger charge is 2.19. The van der Waals surface area contributed by atoms with E-state index in [0.29, 0.717) is 0 Å². The first-order valence-electron chi connectivity index (χ1n) is 7.69. The summed E-state index contributed by atoms with van der Waals surface area (Å²) in [7, 11) is 0. The molecular formula is C18H22O2S. The predicted octanol–water partition coefficient (Wildman–Crippen LogP) is 4.50. The van der Waals surface area contributed by atoms with Gasteiger partial charge in [0.15, 0.2) is 0 Å². The number of aliphatic hydroxyl groups excluding tert-OH is 1. The summed E-state index contributed by atoms with van der Waals surface area (Å²) in [5, 5.41) is 10.7. The van der Waals surface area contributed by atoms with Gasteiger partial charge in [-0.05, 0) is 68.9 Å². The molecule has 1 heterocycles. The molecule has 3 heteroatoms. The SMILES string of the molecule is CC(C)Oc1cccc(C(O)c2cc3c(s2)CCCC3)c1. The van der Waals surface area contributed by atoms with Crippen LogP contribution in [0.5, 0.6) is 5.75 Å². The Kier molecular flexibility index (Phi) is 4.32. The van der Waals surface area contributed by atoms with Crippen LogP contribution in [0.15, 0.2) is 30.3 Å².